The Bertz CT molecular complexity index is 480. The minimum atomic E-state index is -0.204. The van der Waals surface area contributed by atoms with E-state index < -0.39 is 0 Å². The maximum absolute atomic E-state index is 11.8. The summed E-state index contributed by atoms with van der Waals surface area (Å²) in [6.45, 7) is 6.86. The predicted octanol–water partition coefficient (Wildman–Crippen LogP) is 1.49. The van der Waals surface area contributed by atoms with Crippen molar-refractivity contribution in [2.24, 2.45) is 0 Å². The number of rotatable bonds is 6. The van der Waals surface area contributed by atoms with Crippen molar-refractivity contribution in [1.29, 1.82) is 0 Å². The molecule has 5 nitrogen and oxygen atoms in total. The van der Waals surface area contributed by atoms with Crippen LogP contribution in [0.15, 0.2) is 30.3 Å². The van der Waals surface area contributed by atoms with Crippen LogP contribution in [0.3, 0.4) is 0 Å². The Balaban J connectivity index is 1.29. The molecule has 2 heterocycles. The Morgan fingerprint density at radius 2 is 1.96 bits per heavy atom. The molecule has 126 valence electrons. The third-order valence-corrected chi connectivity index (χ3v) is 4.67. The molecule has 0 saturated carbocycles. The second kappa shape index (κ2) is 8.31. The molecule has 5 heteroatoms. The fourth-order valence-electron chi connectivity index (χ4n) is 3.28. The molecule has 2 fully saturated rings. The number of carbonyl (C=O) groups excluding carboxylic acids is 1. The van der Waals surface area contributed by atoms with Gasteiger partial charge in [-0.3, -0.25) is 9.69 Å². The van der Waals surface area contributed by atoms with E-state index in [0.29, 0.717) is 0 Å². The minimum absolute atomic E-state index is 0.0661. The molecule has 0 aromatic heterocycles. The number of piperazine rings is 1. The second-order valence-electron chi connectivity index (χ2n) is 6.31. The van der Waals surface area contributed by atoms with Gasteiger partial charge in [0.1, 0.15) is 6.10 Å². The SMILES string of the molecule is O=C(NCCCN1CCN(c2ccccc2)CC1)[C@@H]1CCCO1. The van der Waals surface area contributed by atoms with Gasteiger partial charge >= 0.3 is 0 Å². The molecule has 2 aliphatic rings. The van der Waals surface area contributed by atoms with Crippen LogP contribution in [0.25, 0.3) is 0 Å². The summed E-state index contributed by atoms with van der Waals surface area (Å²) in [6, 6.07) is 10.6. The van der Waals surface area contributed by atoms with Crippen LogP contribution >= 0.6 is 0 Å². The fourth-order valence-corrected chi connectivity index (χ4v) is 3.28. The van der Waals surface area contributed by atoms with Crippen molar-refractivity contribution in [3.05, 3.63) is 30.3 Å². The van der Waals surface area contributed by atoms with Crippen LogP contribution in [0.2, 0.25) is 0 Å². The van der Waals surface area contributed by atoms with E-state index in [1.54, 1.807) is 0 Å². The van der Waals surface area contributed by atoms with Gasteiger partial charge in [0, 0.05) is 45.0 Å². The molecule has 0 radical (unpaired) electrons. The molecule has 1 aromatic carbocycles. The van der Waals surface area contributed by atoms with Crippen molar-refractivity contribution in [3.8, 4) is 0 Å². The molecule has 2 saturated heterocycles. The van der Waals surface area contributed by atoms with Crippen molar-refractivity contribution < 1.29 is 9.53 Å². The molecular formula is C18H27N3O2. The van der Waals surface area contributed by atoms with E-state index >= 15 is 0 Å². The third kappa shape index (κ3) is 4.69. The van der Waals surface area contributed by atoms with E-state index in [1.807, 2.05) is 0 Å². The first-order valence-corrected chi connectivity index (χ1v) is 8.74. The zero-order chi connectivity index (χ0) is 15.9. The van der Waals surface area contributed by atoms with Gasteiger partial charge in [-0.1, -0.05) is 18.2 Å². The van der Waals surface area contributed by atoms with Gasteiger partial charge in [-0.05, 0) is 37.9 Å². The topological polar surface area (TPSA) is 44.8 Å². The predicted molar refractivity (Wildman–Crippen MR) is 91.7 cm³/mol. The highest BCUT2D eigenvalue weighted by Gasteiger charge is 2.23. The lowest BCUT2D eigenvalue weighted by Crippen LogP contribution is -2.47. The molecule has 23 heavy (non-hydrogen) atoms. The van der Waals surface area contributed by atoms with Crippen molar-refractivity contribution in [2.45, 2.75) is 25.4 Å². The van der Waals surface area contributed by atoms with Gasteiger partial charge in [-0.2, -0.15) is 0 Å². The standard InChI is InChI=1S/C18H27N3O2/c22-18(17-8-4-15-23-17)19-9-5-10-20-11-13-21(14-12-20)16-6-2-1-3-7-16/h1-3,6-7,17H,4-5,8-15H2,(H,19,22)/t17-/m0/s1. The minimum Gasteiger partial charge on any atom is -0.369 e. The zero-order valence-electron chi connectivity index (χ0n) is 13.7. The highest BCUT2D eigenvalue weighted by Crippen LogP contribution is 2.15. The molecule has 3 rings (SSSR count). The van der Waals surface area contributed by atoms with E-state index in [-0.39, 0.29) is 12.0 Å². The second-order valence-corrected chi connectivity index (χ2v) is 6.31. The van der Waals surface area contributed by atoms with Crippen molar-refractivity contribution in [2.75, 3.05) is 50.8 Å². The maximum Gasteiger partial charge on any atom is 0.249 e. The molecule has 0 bridgehead atoms. The monoisotopic (exact) mass is 317 g/mol. The summed E-state index contributed by atoms with van der Waals surface area (Å²) in [5.74, 6) is 0.0661. The van der Waals surface area contributed by atoms with E-state index in [0.717, 1.165) is 65.1 Å². The molecule has 0 spiro atoms. The number of hydrogen-bond donors (Lipinski definition) is 1. The molecule has 1 N–H and O–H groups in total. The molecule has 1 amide bonds. The molecule has 1 atom stereocenters. The first kappa shape index (κ1) is 16.3. The van der Waals surface area contributed by atoms with Crippen molar-refractivity contribution >= 4 is 11.6 Å². The summed E-state index contributed by atoms with van der Waals surface area (Å²) in [5.41, 5.74) is 1.32. The smallest absolute Gasteiger partial charge is 0.249 e. The first-order chi connectivity index (χ1) is 11.3. The molecule has 2 aliphatic heterocycles. The lowest BCUT2D eigenvalue weighted by atomic mass is 10.2. The van der Waals surface area contributed by atoms with Crippen LogP contribution in [-0.4, -0.2) is 62.8 Å². The molecule has 0 unspecified atom stereocenters. The number of carbonyl (C=O) groups is 1. The Morgan fingerprint density at radius 1 is 1.17 bits per heavy atom. The number of amides is 1. The summed E-state index contributed by atoms with van der Waals surface area (Å²) in [5, 5.41) is 3.00. The summed E-state index contributed by atoms with van der Waals surface area (Å²) in [7, 11) is 0. The molecule has 1 aromatic rings. The number of hydrogen-bond acceptors (Lipinski definition) is 4. The Morgan fingerprint density at radius 3 is 2.65 bits per heavy atom. The van der Waals surface area contributed by atoms with Gasteiger partial charge in [0.25, 0.3) is 0 Å². The van der Waals surface area contributed by atoms with Gasteiger partial charge in [0.05, 0.1) is 0 Å². The third-order valence-electron chi connectivity index (χ3n) is 4.67. The zero-order valence-corrected chi connectivity index (χ0v) is 13.7. The van der Waals surface area contributed by atoms with E-state index in [1.165, 1.54) is 5.69 Å². The average Bonchev–Trinajstić information content (AvgIpc) is 3.15. The van der Waals surface area contributed by atoms with Crippen LogP contribution in [0, 0.1) is 0 Å². The molecule has 0 aliphatic carbocycles. The van der Waals surface area contributed by atoms with E-state index in [2.05, 4.69) is 45.4 Å². The first-order valence-electron chi connectivity index (χ1n) is 8.74. The Hall–Kier alpha value is -1.59. The van der Waals surface area contributed by atoms with Crippen molar-refractivity contribution in [3.63, 3.8) is 0 Å². The summed E-state index contributed by atoms with van der Waals surface area (Å²) < 4.78 is 5.39. The Kier molecular flexibility index (Phi) is 5.88. The van der Waals surface area contributed by atoms with Crippen molar-refractivity contribution in [1.82, 2.24) is 10.2 Å². The molecular weight excluding hydrogens is 290 g/mol. The maximum atomic E-state index is 11.8. The number of nitrogens with zero attached hydrogens (tertiary/aromatic N) is 2. The lowest BCUT2D eigenvalue weighted by Gasteiger charge is -2.36. The van der Waals surface area contributed by atoms with Crippen LogP contribution in [0.1, 0.15) is 19.3 Å². The number of nitrogens with one attached hydrogen (secondary N) is 1. The normalized spacial score (nSPS) is 22.3. The summed E-state index contributed by atoms with van der Waals surface area (Å²) >= 11 is 0. The lowest BCUT2D eigenvalue weighted by molar-refractivity contribution is -0.130. The quantitative estimate of drug-likeness (QED) is 0.808. The highest BCUT2D eigenvalue weighted by atomic mass is 16.5. The van der Waals surface area contributed by atoms with Crippen LogP contribution in [0.4, 0.5) is 5.69 Å². The number of benzene rings is 1. The largest absolute Gasteiger partial charge is 0.369 e. The fraction of sp³-hybridized carbons (Fsp3) is 0.611. The summed E-state index contributed by atoms with van der Waals surface area (Å²) in [4.78, 5) is 16.8. The van der Waals surface area contributed by atoms with Crippen LogP contribution < -0.4 is 10.2 Å². The average molecular weight is 317 g/mol. The number of ether oxygens (including phenoxy) is 1. The van der Waals surface area contributed by atoms with Gasteiger partial charge < -0.3 is 15.0 Å². The number of para-hydroxylation sites is 1. The van der Waals surface area contributed by atoms with Gasteiger partial charge in [0.2, 0.25) is 5.91 Å². The van der Waals surface area contributed by atoms with Gasteiger partial charge in [-0.15, -0.1) is 0 Å². The van der Waals surface area contributed by atoms with Crippen LogP contribution in [0.5, 0.6) is 0 Å². The van der Waals surface area contributed by atoms with E-state index in [9.17, 15) is 4.79 Å². The van der Waals surface area contributed by atoms with E-state index in [4.69, 9.17) is 4.74 Å². The van der Waals surface area contributed by atoms with Gasteiger partial charge in [0.15, 0.2) is 0 Å². The summed E-state index contributed by atoms with van der Waals surface area (Å²) in [6.07, 6.45) is 2.67. The Labute approximate surface area is 138 Å². The number of anilines is 1. The van der Waals surface area contributed by atoms with Gasteiger partial charge in [-0.25, -0.2) is 0 Å². The van der Waals surface area contributed by atoms with Crippen LogP contribution in [-0.2, 0) is 9.53 Å². The highest BCUT2D eigenvalue weighted by molar-refractivity contribution is 5.80.